The molecule has 5 heteroatoms. The summed E-state index contributed by atoms with van der Waals surface area (Å²) in [5, 5.41) is 9.71. The van der Waals surface area contributed by atoms with Gasteiger partial charge in [-0.2, -0.15) is 5.26 Å². The van der Waals surface area contributed by atoms with Gasteiger partial charge in [0, 0.05) is 6.20 Å². The van der Waals surface area contributed by atoms with Crippen LogP contribution < -0.4 is 5.56 Å². The van der Waals surface area contributed by atoms with Crippen LogP contribution in [0.15, 0.2) is 47.4 Å². The zero-order valence-electron chi connectivity index (χ0n) is 9.91. The Kier molecular flexibility index (Phi) is 2.86. The van der Waals surface area contributed by atoms with Crippen LogP contribution in [0, 0.1) is 11.3 Å². The number of fused-ring (bicyclic) bond motifs is 1. The first-order valence-electron chi connectivity index (χ1n) is 5.72. The molecule has 19 heavy (non-hydrogen) atoms. The fourth-order valence-electron chi connectivity index (χ4n) is 1.88. The number of hydrogen-bond donors (Lipinski definition) is 0. The van der Waals surface area contributed by atoms with E-state index < -0.39 is 0 Å². The second-order valence-electron chi connectivity index (χ2n) is 4.04. The van der Waals surface area contributed by atoms with Crippen molar-refractivity contribution in [2.75, 3.05) is 0 Å². The Labute approximate surface area is 113 Å². The van der Waals surface area contributed by atoms with Crippen LogP contribution in [0.4, 0.5) is 0 Å². The molecular weight excluding hydrogens is 258 g/mol. The molecule has 0 aliphatic heterocycles. The molecule has 92 valence electrons. The predicted octanol–water partition coefficient (Wildman–Crippen LogP) is 2.38. The monoisotopic (exact) mass is 267 g/mol. The normalized spacial score (nSPS) is 10.5. The lowest BCUT2D eigenvalue weighted by Gasteiger charge is -2.02. The van der Waals surface area contributed by atoms with E-state index >= 15 is 0 Å². The Hall–Kier alpha value is -2.45. The van der Waals surface area contributed by atoms with Crippen LogP contribution in [0.2, 0.25) is 0 Å². The van der Waals surface area contributed by atoms with Crippen LogP contribution in [0.1, 0.15) is 10.6 Å². The molecule has 0 fully saturated rings. The van der Waals surface area contributed by atoms with Gasteiger partial charge in [-0.15, -0.1) is 11.3 Å². The third-order valence-electron chi connectivity index (χ3n) is 2.78. The molecule has 0 atom stereocenters. The van der Waals surface area contributed by atoms with Crippen molar-refractivity contribution in [3.8, 4) is 6.07 Å². The van der Waals surface area contributed by atoms with Crippen LogP contribution in [0.5, 0.6) is 0 Å². The van der Waals surface area contributed by atoms with Crippen LogP contribution in [-0.2, 0) is 6.54 Å². The van der Waals surface area contributed by atoms with Gasteiger partial charge in [0.1, 0.15) is 16.6 Å². The maximum absolute atomic E-state index is 11.9. The summed E-state index contributed by atoms with van der Waals surface area (Å²) in [7, 11) is 0. The summed E-state index contributed by atoms with van der Waals surface area (Å²) in [6.45, 7) is 0.397. The van der Waals surface area contributed by atoms with Crippen molar-refractivity contribution >= 4 is 21.6 Å². The minimum atomic E-state index is -0.274. The highest BCUT2D eigenvalue weighted by Gasteiger charge is 2.06. The van der Waals surface area contributed by atoms with Gasteiger partial charge >= 0.3 is 0 Å². The Morgan fingerprint density at radius 2 is 2.11 bits per heavy atom. The Morgan fingerprint density at radius 3 is 2.89 bits per heavy atom. The van der Waals surface area contributed by atoms with E-state index in [1.165, 1.54) is 10.6 Å². The van der Waals surface area contributed by atoms with Crippen LogP contribution in [-0.4, -0.2) is 9.55 Å². The number of nitrogens with zero attached hydrogens (tertiary/aromatic N) is 3. The fraction of sp³-hybridized carbons (Fsp3) is 0.0714. The first-order chi connectivity index (χ1) is 9.28. The molecule has 3 rings (SSSR count). The molecule has 0 radical (unpaired) electrons. The third kappa shape index (κ3) is 2.14. The van der Waals surface area contributed by atoms with Gasteiger partial charge in [-0.3, -0.25) is 4.79 Å². The molecule has 0 saturated heterocycles. The molecule has 0 saturated carbocycles. The van der Waals surface area contributed by atoms with Crippen LogP contribution in [0.25, 0.3) is 10.2 Å². The number of nitriles is 1. The Balaban J connectivity index is 2.02. The second-order valence-corrected chi connectivity index (χ2v) is 5.16. The van der Waals surface area contributed by atoms with Crippen molar-refractivity contribution in [1.29, 1.82) is 5.26 Å². The van der Waals surface area contributed by atoms with Crippen molar-refractivity contribution in [1.82, 2.24) is 9.55 Å². The SMILES string of the molecule is N#Cc1cccn(Cc2nc3ccccc3s2)c1=O. The molecule has 3 aromatic rings. The summed E-state index contributed by atoms with van der Waals surface area (Å²) in [6.07, 6.45) is 1.68. The lowest BCUT2D eigenvalue weighted by atomic mass is 10.3. The summed E-state index contributed by atoms with van der Waals surface area (Å²) in [6, 6.07) is 13.0. The zero-order valence-corrected chi connectivity index (χ0v) is 10.7. The summed E-state index contributed by atoms with van der Waals surface area (Å²) in [5.74, 6) is 0. The average Bonchev–Trinajstić information content (AvgIpc) is 2.83. The highest BCUT2D eigenvalue weighted by atomic mass is 32.1. The van der Waals surface area contributed by atoms with E-state index in [4.69, 9.17) is 5.26 Å². The molecule has 0 unspecified atom stereocenters. The van der Waals surface area contributed by atoms with E-state index in [2.05, 4.69) is 4.98 Å². The van der Waals surface area contributed by atoms with Gasteiger partial charge in [-0.05, 0) is 24.3 Å². The number of thiazole rings is 1. The van der Waals surface area contributed by atoms with Gasteiger partial charge in [0.05, 0.1) is 16.8 Å². The van der Waals surface area contributed by atoms with E-state index in [-0.39, 0.29) is 11.1 Å². The van der Waals surface area contributed by atoms with Gasteiger partial charge in [-0.25, -0.2) is 4.98 Å². The third-order valence-corrected chi connectivity index (χ3v) is 3.81. The summed E-state index contributed by atoms with van der Waals surface area (Å²) in [4.78, 5) is 16.4. The summed E-state index contributed by atoms with van der Waals surface area (Å²) in [5.41, 5.74) is 0.819. The maximum Gasteiger partial charge on any atom is 0.268 e. The minimum absolute atomic E-state index is 0.156. The predicted molar refractivity (Wildman–Crippen MR) is 74.1 cm³/mol. The molecule has 0 N–H and O–H groups in total. The van der Waals surface area contributed by atoms with Gasteiger partial charge in [-0.1, -0.05) is 12.1 Å². The van der Waals surface area contributed by atoms with Crippen molar-refractivity contribution in [3.63, 3.8) is 0 Å². The van der Waals surface area contributed by atoms with Crippen molar-refractivity contribution < 1.29 is 0 Å². The molecule has 2 aromatic heterocycles. The molecular formula is C14H9N3OS. The van der Waals surface area contributed by atoms with Gasteiger partial charge < -0.3 is 4.57 Å². The zero-order chi connectivity index (χ0) is 13.2. The smallest absolute Gasteiger partial charge is 0.268 e. The van der Waals surface area contributed by atoms with Crippen molar-refractivity contribution in [2.45, 2.75) is 6.54 Å². The number of pyridine rings is 1. The van der Waals surface area contributed by atoms with Crippen molar-refractivity contribution in [3.05, 3.63) is 63.5 Å². The summed E-state index contributed by atoms with van der Waals surface area (Å²) < 4.78 is 2.61. The summed E-state index contributed by atoms with van der Waals surface area (Å²) >= 11 is 1.56. The largest absolute Gasteiger partial charge is 0.308 e. The number of benzene rings is 1. The van der Waals surface area contributed by atoms with Gasteiger partial charge in [0.25, 0.3) is 5.56 Å². The number of para-hydroxylation sites is 1. The van der Waals surface area contributed by atoms with E-state index in [9.17, 15) is 4.79 Å². The Bertz CT molecular complexity index is 809. The van der Waals surface area contributed by atoms with Gasteiger partial charge in [0.2, 0.25) is 0 Å². The van der Waals surface area contributed by atoms with Gasteiger partial charge in [0.15, 0.2) is 0 Å². The first-order valence-corrected chi connectivity index (χ1v) is 6.53. The van der Waals surface area contributed by atoms with Crippen LogP contribution >= 0.6 is 11.3 Å². The van der Waals surface area contributed by atoms with E-state index in [0.29, 0.717) is 6.54 Å². The van der Waals surface area contributed by atoms with E-state index in [1.54, 1.807) is 23.6 Å². The first kappa shape index (κ1) is 11.6. The fourth-order valence-corrected chi connectivity index (χ4v) is 2.85. The topological polar surface area (TPSA) is 58.7 Å². The highest BCUT2D eigenvalue weighted by Crippen LogP contribution is 2.21. The highest BCUT2D eigenvalue weighted by molar-refractivity contribution is 7.18. The molecule has 0 aliphatic rings. The number of hydrogen-bond acceptors (Lipinski definition) is 4. The minimum Gasteiger partial charge on any atom is -0.308 e. The standard InChI is InChI=1S/C14H9N3OS/c15-8-10-4-3-7-17(14(10)18)9-13-16-11-5-1-2-6-12(11)19-13/h1-7H,9H2. The maximum atomic E-state index is 11.9. The van der Waals surface area contributed by atoms with E-state index in [0.717, 1.165) is 15.2 Å². The van der Waals surface area contributed by atoms with Crippen molar-refractivity contribution in [2.24, 2.45) is 0 Å². The quantitative estimate of drug-likeness (QED) is 0.716. The Morgan fingerprint density at radius 1 is 1.26 bits per heavy atom. The number of rotatable bonds is 2. The van der Waals surface area contributed by atoms with Crippen LogP contribution in [0.3, 0.4) is 0 Å². The molecule has 0 spiro atoms. The molecule has 1 aromatic carbocycles. The number of aromatic nitrogens is 2. The molecule has 0 amide bonds. The second kappa shape index (κ2) is 4.67. The molecule has 4 nitrogen and oxygen atoms in total. The lowest BCUT2D eigenvalue weighted by Crippen LogP contribution is -2.21. The van der Waals surface area contributed by atoms with E-state index in [1.807, 2.05) is 30.3 Å². The molecule has 0 bridgehead atoms. The lowest BCUT2D eigenvalue weighted by molar-refractivity contribution is 0.753. The molecule has 2 heterocycles. The molecule has 0 aliphatic carbocycles. The average molecular weight is 267 g/mol.